The van der Waals surface area contributed by atoms with Crippen LogP contribution in [0.3, 0.4) is 0 Å². The first-order valence-electron chi connectivity index (χ1n) is 6.48. The maximum Gasteiger partial charge on any atom is 0.342 e. The fourth-order valence-corrected chi connectivity index (χ4v) is 2.65. The van der Waals surface area contributed by atoms with Crippen molar-refractivity contribution in [3.8, 4) is 0 Å². The summed E-state index contributed by atoms with van der Waals surface area (Å²) in [6.45, 7) is 1.96. The number of benzene rings is 1. The lowest BCUT2D eigenvalue weighted by atomic mass is 10.0. The molecule has 0 aromatic heterocycles. The molecule has 2 rings (SSSR count). The molecule has 1 heterocycles. The molecule has 5 nitrogen and oxygen atoms in total. The molecule has 1 aromatic rings. The van der Waals surface area contributed by atoms with Gasteiger partial charge in [0.15, 0.2) is 11.8 Å². The van der Waals surface area contributed by atoms with Crippen molar-refractivity contribution in [2.75, 3.05) is 12.9 Å². The summed E-state index contributed by atoms with van der Waals surface area (Å²) in [6, 6.07) is 7.92. The Balaban J connectivity index is 2.36. The Hall–Kier alpha value is -2.08. The summed E-state index contributed by atoms with van der Waals surface area (Å²) < 4.78 is 4.98. The van der Waals surface area contributed by atoms with Gasteiger partial charge in [-0.3, -0.25) is 9.79 Å². The molecule has 0 unspecified atom stereocenters. The Labute approximate surface area is 127 Å². The summed E-state index contributed by atoms with van der Waals surface area (Å²) >= 11 is 1.27. The van der Waals surface area contributed by atoms with E-state index in [9.17, 15) is 9.59 Å². The lowest BCUT2D eigenvalue weighted by molar-refractivity contribution is -0.137. The van der Waals surface area contributed by atoms with E-state index in [1.165, 1.54) is 11.8 Å². The Morgan fingerprint density at radius 1 is 1.33 bits per heavy atom. The number of nitrogens with two attached hydrogens (primary N) is 1. The molecule has 0 saturated carbocycles. The maximum absolute atomic E-state index is 12.5. The van der Waals surface area contributed by atoms with E-state index in [1.54, 1.807) is 37.4 Å². The van der Waals surface area contributed by atoms with Crippen LogP contribution in [-0.2, 0) is 9.53 Å². The molecule has 0 radical (unpaired) electrons. The second-order valence-corrected chi connectivity index (χ2v) is 5.12. The van der Waals surface area contributed by atoms with Gasteiger partial charge in [0, 0.05) is 5.56 Å². The van der Waals surface area contributed by atoms with Gasteiger partial charge in [-0.25, -0.2) is 4.79 Å². The van der Waals surface area contributed by atoms with Crippen molar-refractivity contribution in [1.29, 1.82) is 0 Å². The van der Waals surface area contributed by atoms with Gasteiger partial charge in [0.1, 0.15) is 10.6 Å². The molecule has 0 amide bonds. The lowest BCUT2D eigenvalue weighted by Crippen LogP contribution is -2.25. The number of thioether (sulfide) groups is 1. The molecule has 6 heteroatoms. The minimum Gasteiger partial charge on any atom is -0.462 e. The van der Waals surface area contributed by atoms with Crippen molar-refractivity contribution < 1.29 is 14.3 Å². The molecule has 0 fully saturated rings. The van der Waals surface area contributed by atoms with Crippen LogP contribution in [0.1, 0.15) is 17.3 Å². The average Bonchev–Trinajstić information content (AvgIpc) is 2.84. The highest BCUT2D eigenvalue weighted by molar-refractivity contribution is 8.14. The number of hydrogen-bond donors (Lipinski definition) is 1. The van der Waals surface area contributed by atoms with E-state index in [0.717, 1.165) is 0 Å². The third-order valence-corrected chi connectivity index (χ3v) is 3.72. The SMILES string of the molecule is CCOC(=O)C1=C(N)[C@@H](C(=O)c2ccccc2)N=C1SC. The van der Waals surface area contributed by atoms with Gasteiger partial charge in [-0.1, -0.05) is 30.3 Å². The molecule has 1 aliphatic rings. The van der Waals surface area contributed by atoms with Crippen molar-refractivity contribution in [3.05, 3.63) is 47.2 Å². The monoisotopic (exact) mass is 304 g/mol. The molecule has 0 spiro atoms. The van der Waals surface area contributed by atoms with E-state index in [-0.39, 0.29) is 23.7 Å². The van der Waals surface area contributed by atoms with Gasteiger partial charge in [0.25, 0.3) is 0 Å². The quantitative estimate of drug-likeness (QED) is 0.677. The number of carbonyl (C=O) groups excluding carboxylic acids is 2. The van der Waals surface area contributed by atoms with E-state index >= 15 is 0 Å². The Bertz CT molecular complexity index is 623. The number of rotatable bonds is 4. The van der Waals surface area contributed by atoms with Crippen LogP contribution in [0.25, 0.3) is 0 Å². The number of aliphatic imine (C=N–C) groups is 1. The molecular weight excluding hydrogens is 288 g/mol. The second kappa shape index (κ2) is 6.58. The summed E-state index contributed by atoms with van der Waals surface area (Å²) in [5.74, 6) is -0.759. The normalized spacial score (nSPS) is 17.6. The van der Waals surface area contributed by atoms with Crippen molar-refractivity contribution in [2.24, 2.45) is 10.7 Å². The van der Waals surface area contributed by atoms with E-state index in [1.807, 2.05) is 6.07 Å². The van der Waals surface area contributed by atoms with Gasteiger partial charge < -0.3 is 10.5 Å². The smallest absolute Gasteiger partial charge is 0.342 e. The number of nitrogens with zero attached hydrogens (tertiary/aromatic N) is 1. The number of ether oxygens (including phenoxy) is 1. The van der Waals surface area contributed by atoms with E-state index in [4.69, 9.17) is 10.5 Å². The van der Waals surface area contributed by atoms with Gasteiger partial charge in [-0.05, 0) is 13.2 Å². The standard InChI is InChI=1S/C15H16N2O3S/c1-3-20-15(19)10-11(16)12(17-14(10)21-2)13(18)9-7-5-4-6-8-9/h4-8,12H,3,16H2,1-2H3/t12-/m0/s1. The Morgan fingerprint density at radius 2 is 2.00 bits per heavy atom. The second-order valence-electron chi connectivity index (χ2n) is 4.32. The highest BCUT2D eigenvalue weighted by Gasteiger charge is 2.35. The summed E-state index contributed by atoms with van der Waals surface area (Å²) in [5, 5.41) is 0.445. The van der Waals surface area contributed by atoms with Crippen LogP contribution in [0.2, 0.25) is 0 Å². The lowest BCUT2D eigenvalue weighted by Gasteiger charge is -2.08. The molecule has 2 N–H and O–H groups in total. The van der Waals surface area contributed by atoms with Crippen LogP contribution >= 0.6 is 11.8 Å². The molecule has 0 saturated heterocycles. The fourth-order valence-electron chi connectivity index (χ4n) is 2.03. The predicted octanol–water partition coefficient (Wildman–Crippen LogP) is 1.79. The van der Waals surface area contributed by atoms with Crippen LogP contribution in [0, 0.1) is 0 Å². The Morgan fingerprint density at radius 3 is 2.57 bits per heavy atom. The molecular formula is C15H16N2O3S. The van der Waals surface area contributed by atoms with Crippen LogP contribution in [0.15, 0.2) is 46.6 Å². The molecule has 1 atom stereocenters. The zero-order chi connectivity index (χ0) is 15.4. The van der Waals surface area contributed by atoms with E-state index in [0.29, 0.717) is 10.6 Å². The molecule has 0 aliphatic carbocycles. The van der Waals surface area contributed by atoms with Gasteiger partial charge in [0.2, 0.25) is 0 Å². The topological polar surface area (TPSA) is 81.8 Å². The fraction of sp³-hybridized carbons (Fsp3) is 0.267. The molecule has 21 heavy (non-hydrogen) atoms. The maximum atomic E-state index is 12.5. The minimum atomic E-state index is -0.853. The van der Waals surface area contributed by atoms with Crippen molar-refractivity contribution in [2.45, 2.75) is 13.0 Å². The first-order valence-corrected chi connectivity index (χ1v) is 7.70. The van der Waals surface area contributed by atoms with Crippen LogP contribution < -0.4 is 5.73 Å². The van der Waals surface area contributed by atoms with Crippen LogP contribution in [0.5, 0.6) is 0 Å². The molecule has 110 valence electrons. The highest BCUT2D eigenvalue weighted by Crippen LogP contribution is 2.27. The summed E-state index contributed by atoms with van der Waals surface area (Å²) in [5.41, 5.74) is 6.87. The summed E-state index contributed by atoms with van der Waals surface area (Å²) in [7, 11) is 0. The molecule has 1 aromatic carbocycles. The van der Waals surface area contributed by atoms with Gasteiger partial charge in [-0.15, -0.1) is 11.8 Å². The van der Waals surface area contributed by atoms with E-state index < -0.39 is 12.0 Å². The van der Waals surface area contributed by atoms with E-state index in [2.05, 4.69) is 4.99 Å². The number of hydrogen-bond acceptors (Lipinski definition) is 6. The van der Waals surface area contributed by atoms with Crippen LogP contribution in [-0.4, -0.2) is 35.7 Å². The van der Waals surface area contributed by atoms with Crippen molar-refractivity contribution in [3.63, 3.8) is 0 Å². The minimum absolute atomic E-state index is 0.159. The third kappa shape index (κ3) is 3.00. The summed E-state index contributed by atoms with van der Waals surface area (Å²) in [4.78, 5) is 28.7. The number of Topliss-reactive ketones (excluding diaryl/α,β-unsaturated/α-hetero) is 1. The number of ketones is 1. The zero-order valence-electron chi connectivity index (χ0n) is 11.8. The molecule has 0 bridgehead atoms. The Kier molecular flexibility index (Phi) is 4.80. The average molecular weight is 304 g/mol. The first-order chi connectivity index (χ1) is 10.1. The number of esters is 1. The van der Waals surface area contributed by atoms with Gasteiger partial charge in [-0.2, -0.15) is 0 Å². The number of carbonyl (C=O) groups is 2. The summed E-state index contributed by atoms with van der Waals surface area (Å²) in [6.07, 6.45) is 1.78. The largest absolute Gasteiger partial charge is 0.462 e. The van der Waals surface area contributed by atoms with Crippen molar-refractivity contribution >= 4 is 28.6 Å². The molecule has 1 aliphatic heterocycles. The van der Waals surface area contributed by atoms with Gasteiger partial charge in [0.05, 0.1) is 12.3 Å². The predicted molar refractivity (Wildman–Crippen MR) is 83.4 cm³/mol. The first kappa shape index (κ1) is 15.3. The van der Waals surface area contributed by atoms with Gasteiger partial charge >= 0.3 is 5.97 Å². The zero-order valence-corrected chi connectivity index (χ0v) is 12.6. The van der Waals surface area contributed by atoms with Crippen LogP contribution in [0.4, 0.5) is 0 Å². The highest BCUT2D eigenvalue weighted by atomic mass is 32.2. The van der Waals surface area contributed by atoms with Crippen molar-refractivity contribution in [1.82, 2.24) is 0 Å². The third-order valence-electron chi connectivity index (χ3n) is 3.02.